The molecule has 0 spiro atoms. The van der Waals surface area contributed by atoms with Crippen molar-refractivity contribution >= 4 is 0 Å². The Balaban J connectivity index is 1.26. The van der Waals surface area contributed by atoms with E-state index in [-0.39, 0.29) is 10.8 Å². The fraction of sp³-hybridized carbons (Fsp3) is 0.385. The van der Waals surface area contributed by atoms with Gasteiger partial charge in [0.15, 0.2) is 0 Å². The van der Waals surface area contributed by atoms with Crippen molar-refractivity contribution in [2.75, 3.05) is 0 Å². The summed E-state index contributed by atoms with van der Waals surface area (Å²) >= 11 is 0. The molecular weight excluding hydrogens is 468 g/mol. The smallest absolute Gasteiger partial charge is 0.0197 e. The summed E-state index contributed by atoms with van der Waals surface area (Å²) in [5, 5.41) is 0. The van der Waals surface area contributed by atoms with E-state index < -0.39 is 0 Å². The summed E-state index contributed by atoms with van der Waals surface area (Å²) < 4.78 is 0. The minimum absolute atomic E-state index is 0.0913. The van der Waals surface area contributed by atoms with Crippen LogP contribution in [0.2, 0.25) is 0 Å². The standard InChI is InChI=1S/C39H42/c1-5-38(6-2,32-15-13-26-9-11-28(26)22-32)34-17-19-36-30(24-34)21-31-25-35(18-20-37(31)36)39(7-3,8-4)33-16-14-27-10-12-29(27)23-33/h13-20,22-25H,5-12,21H2,1-4H3. The number of fused-ring (bicyclic) bond motifs is 5. The predicted octanol–water partition coefficient (Wildman–Crippen LogP) is 9.67. The number of rotatable bonds is 8. The van der Waals surface area contributed by atoms with Crippen molar-refractivity contribution in [1.82, 2.24) is 0 Å². The molecule has 0 aromatic heterocycles. The van der Waals surface area contributed by atoms with Gasteiger partial charge in [-0.05, 0) is 125 Å². The highest BCUT2D eigenvalue weighted by molar-refractivity contribution is 5.78. The Morgan fingerprint density at radius 3 is 1.05 bits per heavy atom. The van der Waals surface area contributed by atoms with Crippen LogP contribution in [-0.2, 0) is 42.9 Å². The van der Waals surface area contributed by atoms with Crippen LogP contribution in [0.3, 0.4) is 0 Å². The van der Waals surface area contributed by atoms with Crippen LogP contribution in [0.5, 0.6) is 0 Å². The number of hydrogen-bond acceptors (Lipinski definition) is 0. The fourth-order valence-corrected chi connectivity index (χ4v) is 8.26. The van der Waals surface area contributed by atoms with Gasteiger partial charge in [0.1, 0.15) is 0 Å². The molecule has 0 bridgehead atoms. The first-order valence-corrected chi connectivity index (χ1v) is 15.6. The van der Waals surface area contributed by atoms with Crippen molar-refractivity contribution in [2.45, 2.75) is 96.3 Å². The molecule has 0 heterocycles. The first-order chi connectivity index (χ1) is 19.0. The van der Waals surface area contributed by atoms with Crippen molar-refractivity contribution in [2.24, 2.45) is 0 Å². The Labute approximate surface area is 235 Å². The summed E-state index contributed by atoms with van der Waals surface area (Å²) in [6, 6.07) is 29.5. The molecule has 7 rings (SSSR count). The summed E-state index contributed by atoms with van der Waals surface area (Å²) in [6.07, 6.45) is 10.6. The van der Waals surface area contributed by atoms with E-state index >= 15 is 0 Å². The SMILES string of the molecule is CCC(CC)(c1ccc2c(c1)CC2)c1ccc2c(c1)Cc1cc(C(CC)(CC)c3ccc4c(c3)CC4)ccc1-2. The predicted molar refractivity (Wildman–Crippen MR) is 165 cm³/mol. The first kappa shape index (κ1) is 24.9. The molecule has 0 heteroatoms. The molecule has 0 N–H and O–H groups in total. The van der Waals surface area contributed by atoms with Crippen LogP contribution in [0, 0.1) is 0 Å². The molecule has 0 aliphatic heterocycles. The normalized spacial score (nSPS) is 15.1. The van der Waals surface area contributed by atoms with Gasteiger partial charge >= 0.3 is 0 Å². The highest BCUT2D eigenvalue weighted by atomic mass is 14.4. The Hall–Kier alpha value is -3.12. The molecule has 0 radical (unpaired) electrons. The minimum Gasteiger partial charge on any atom is -0.0642 e. The van der Waals surface area contributed by atoms with Gasteiger partial charge in [-0.1, -0.05) is 100 Å². The van der Waals surface area contributed by atoms with Gasteiger partial charge in [0.2, 0.25) is 0 Å². The van der Waals surface area contributed by atoms with Gasteiger partial charge in [-0.25, -0.2) is 0 Å². The third-order valence-electron chi connectivity index (χ3n) is 11.2. The van der Waals surface area contributed by atoms with Gasteiger partial charge in [0.05, 0.1) is 0 Å². The van der Waals surface area contributed by atoms with Gasteiger partial charge in [0.25, 0.3) is 0 Å². The molecule has 198 valence electrons. The van der Waals surface area contributed by atoms with Crippen molar-refractivity contribution in [3.05, 3.63) is 128 Å². The zero-order valence-corrected chi connectivity index (χ0v) is 24.3. The van der Waals surface area contributed by atoms with E-state index in [1.165, 1.54) is 70.2 Å². The summed E-state index contributed by atoms with van der Waals surface area (Å²) in [7, 11) is 0. The second-order valence-corrected chi connectivity index (χ2v) is 12.5. The topological polar surface area (TPSA) is 0 Å². The molecule has 3 aliphatic rings. The summed E-state index contributed by atoms with van der Waals surface area (Å²) in [4.78, 5) is 0. The molecule has 0 fully saturated rings. The Morgan fingerprint density at radius 1 is 0.410 bits per heavy atom. The lowest BCUT2D eigenvalue weighted by molar-refractivity contribution is 0.476. The summed E-state index contributed by atoms with van der Waals surface area (Å²) in [5.41, 5.74) is 18.4. The quantitative estimate of drug-likeness (QED) is 0.195. The maximum atomic E-state index is 2.56. The lowest BCUT2D eigenvalue weighted by Crippen LogP contribution is -2.27. The summed E-state index contributed by atoms with van der Waals surface area (Å²) in [5.74, 6) is 0. The van der Waals surface area contributed by atoms with Gasteiger partial charge in [-0.15, -0.1) is 0 Å². The van der Waals surface area contributed by atoms with Crippen LogP contribution in [0.15, 0.2) is 72.8 Å². The molecule has 0 nitrogen and oxygen atoms in total. The van der Waals surface area contributed by atoms with E-state index in [9.17, 15) is 0 Å². The van der Waals surface area contributed by atoms with E-state index in [4.69, 9.17) is 0 Å². The number of hydrogen-bond donors (Lipinski definition) is 0. The van der Waals surface area contributed by atoms with E-state index in [0.29, 0.717) is 0 Å². The van der Waals surface area contributed by atoms with Crippen molar-refractivity contribution in [3.8, 4) is 11.1 Å². The van der Waals surface area contributed by atoms with Gasteiger partial charge in [-0.2, -0.15) is 0 Å². The van der Waals surface area contributed by atoms with Crippen LogP contribution >= 0.6 is 0 Å². The van der Waals surface area contributed by atoms with Gasteiger partial charge < -0.3 is 0 Å². The lowest BCUT2D eigenvalue weighted by atomic mass is 9.68. The average Bonchev–Trinajstić information content (AvgIpc) is 3.30. The van der Waals surface area contributed by atoms with Crippen molar-refractivity contribution < 1.29 is 0 Å². The molecule has 3 aliphatic carbocycles. The second-order valence-electron chi connectivity index (χ2n) is 12.5. The largest absolute Gasteiger partial charge is 0.0642 e. The van der Waals surface area contributed by atoms with Crippen molar-refractivity contribution in [3.63, 3.8) is 0 Å². The summed E-state index contributed by atoms with van der Waals surface area (Å²) in [6.45, 7) is 9.51. The highest BCUT2D eigenvalue weighted by Crippen LogP contribution is 2.47. The average molecular weight is 511 g/mol. The Kier molecular flexibility index (Phi) is 5.89. The zero-order valence-electron chi connectivity index (χ0n) is 24.3. The van der Waals surface area contributed by atoms with Crippen LogP contribution in [0.4, 0.5) is 0 Å². The Bertz CT molecular complexity index is 1460. The first-order valence-electron chi connectivity index (χ1n) is 15.6. The zero-order chi connectivity index (χ0) is 26.8. The van der Waals surface area contributed by atoms with Crippen LogP contribution < -0.4 is 0 Å². The molecular formula is C39H42. The third kappa shape index (κ3) is 3.56. The molecule has 0 saturated carbocycles. The van der Waals surface area contributed by atoms with E-state index in [2.05, 4.69) is 100 Å². The Morgan fingerprint density at radius 2 is 0.744 bits per heavy atom. The molecule has 4 aromatic rings. The van der Waals surface area contributed by atoms with Crippen molar-refractivity contribution in [1.29, 1.82) is 0 Å². The fourth-order valence-electron chi connectivity index (χ4n) is 8.26. The molecule has 39 heavy (non-hydrogen) atoms. The number of benzene rings is 4. The van der Waals surface area contributed by atoms with Crippen LogP contribution in [0.1, 0.15) is 109 Å². The lowest BCUT2D eigenvalue weighted by Gasteiger charge is -2.35. The minimum atomic E-state index is 0.0913. The molecule has 4 aromatic carbocycles. The van der Waals surface area contributed by atoms with E-state index in [0.717, 1.165) is 32.1 Å². The third-order valence-corrected chi connectivity index (χ3v) is 11.2. The van der Waals surface area contributed by atoms with Gasteiger partial charge in [0, 0.05) is 10.8 Å². The van der Waals surface area contributed by atoms with Gasteiger partial charge in [-0.3, -0.25) is 0 Å². The molecule has 0 saturated heterocycles. The van der Waals surface area contributed by atoms with Crippen LogP contribution in [-0.4, -0.2) is 0 Å². The maximum Gasteiger partial charge on any atom is 0.0197 e. The molecule has 0 atom stereocenters. The van der Waals surface area contributed by atoms with Crippen LogP contribution in [0.25, 0.3) is 11.1 Å². The van der Waals surface area contributed by atoms with E-state index in [1.807, 2.05) is 0 Å². The molecule has 0 amide bonds. The monoisotopic (exact) mass is 510 g/mol. The maximum absolute atomic E-state index is 2.56. The second kappa shape index (κ2) is 9.22. The van der Waals surface area contributed by atoms with E-state index in [1.54, 1.807) is 22.3 Å². The molecule has 0 unspecified atom stereocenters. The number of aryl methyl sites for hydroxylation is 4. The highest BCUT2D eigenvalue weighted by Gasteiger charge is 2.35.